The standard InChI is InChI=1S/C20H23NO5S2/c1-20(2,3)11-8-6-10(7-9-11)12-13(17(22)25-4)15(18(23)26-5)27-16-14(12)28-19(24)21-16/h6-9,12-13,15H,1-5H3,(H,21,24)/t12-,13-,15-/m1/s1. The van der Waals surface area contributed by atoms with Crippen molar-refractivity contribution in [2.75, 3.05) is 14.2 Å². The molecule has 1 aliphatic rings. The molecule has 2 aromatic rings. The first-order chi connectivity index (χ1) is 13.2. The maximum atomic E-state index is 12.7. The van der Waals surface area contributed by atoms with Gasteiger partial charge in [0.15, 0.2) is 0 Å². The average molecular weight is 422 g/mol. The molecule has 0 radical (unpaired) electrons. The first-order valence-electron chi connectivity index (χ1n) is 8.83. The van der Waals surface area contributed by atoms with Crippen molar-refractivity contribution >= 4 is 35.0 Å². The number of aromatic nitrogens is 1. The highest BCUT2D eigenvalue weighted by atomic mass is 32.2. The number of nitrogens with one attached hydrogen (secondary N) is 1. The van der Waals surface area contributed by atoms with Crippen LogP contribution in [-0.2, 0) is 24.5 Å². The first kappa shape index (κ1) is 20.7. The first-order valence-corrected chi connectivity index (χ1v) is 10.5. The number of carbonyl (C=O) groups excluding carboxylic acids is 2. The molecule has 1 aliphatic heterocycles. The lowest BCUT2D eigenvalue weighted by Crippen LogP contribution is -2.41. The van der Waals surface area contributed by atoms with Crippen molar-refractivity contribution in [3.63, 3.8) is 0 Å². The van der Waals surface area contributed by atoms with Gasteiger partial charge in [-0.05, 0) is 16.5 Å². The monoisotopic (exact) mass is 421 g/mol. The summed E-state index contributed by atoms with van der Waals surface area (Å²) in [5.41, 5.74) is 2.00. The summed E-state index contributed by atoms with van der Waals surface area (Å²) in [5, 5.41) is -0.196. The maximum absolute atomic E-state index is 12.7. The lowest BCUT2D eigenvalue weighted by Gasteiger charge is -2.34. The van der Waals surface area contributed by atoms with Gasteiger partial charge in [0.1, 0.15) is 5.25 Å². The molecule has 1 aromatic heterocycles. The number of fused-ring (bicyclic) bond motifs is 1. The van der Waals surface area contributed by atoms with Crippen molar-refractivity contribution in [2.24, 2.45) is 5.92 Å². The van der Waals surface area contributed by atoms with Crippen molar-refractivity contribution in [1.29, 1.82) is 0 Å². The number of esters is 2. The topological polar surface area (TPSA) is 85.5 Å². The Bertz CT molecular complexity index is 939. The second-order valence-electron chi connectivity index (χ2n) is 7.67. The van der Waals surface area contributed by atoms with E-state index in [1.807, 2.05) is 24.3 Å². The Morgan fingerprint density at radius 2 is 1.64 bits per heavy atom. The molecular formula is C20H23NO5S2. The number of thiazole rings is 1. The minimum atomic E-state index is -0.803. The summed E-state index contributed by atoms with van der Waals surface area (Å²) in [7, 11) is 2.59. The Kier molecular flexibility index (Phi) is 5.72. The normalized spacial score (nSPS) is 21.7. The number of rotatable bonds is 3. The molecule has 0 spiro atoms. The molecule has 8 heteroatoms. The third kappa shape index (κ3) is 3.75. The third-order valence-electron chi connectivity index (χ3n) is 4.90. The van der Waals surface area contributed by atoms with Crippen molar-refractivity contribution in [3.05, 3.63) is 49.9 Å². The second kappa shape index (κ2) is 7.75. The van der Waals surface area contributed by atoms with Gasteiger partial charge in [0.25, 0.3) is 0 Å². The van der Waals surface area contributed by atoms with Gasteiger partial charge in [-0.15, -0.1) is 0 Å². The van der Waals surface area contributed by atoms with E-state index in [9.17, 15) is 14.4 Å². The molecule has 0 bridgehead atoms. The molecule has 0 aliphatic carbocycles. The Balaban J connectivity index is 2.16. The van der Waals surface area contributed by atoms with Crippen LogP contribution in [0.25, 0.3) is 0 Å². The molecule has 150 valence electrons. The van der Waals surface area contributed by atoms with E-state index in [4.69, 9.17) is 9.47 Å². The highest BCUT2D eigenvalue weighted by Crippen LogP contribution is 2.49. The number of thioether (sulfide) groups is 1. The van der Waals surface area contributed by atoms with Crippen LogP contribution in [0.2, 0.25) is 0 Å². The lowest BCUT2D eigenvalue weighted by atomic mass is 9.80. The number of H-pyrrole nitrogens is 1. The largest absolute Gasteiger partial charge is 0.469 e. The number of methoxy groups -OCH3 is 2. The molecule has 3 rings (SSSR count). The zero-order valence-corrected chi connectivity index (χ0v) is 18.0. The summed E-state index contributed by atoms with van der Waals surface area (Å²) in [6.45, 7) is 6.37. The van der Waals surface area contributed by atoms with E-state index in [0.717, 1.165) is 39.1 Å². The Morgan fingerprint density at radius 1 is 1.04 bits per heavy atom. The number of ether oxygens (including phenoxy) is 2. The summed E-state index contributed by atoms with van der Waals surface area (Å²) in [6.07, 6.45) is 0. The second-order valence-corrected chi connectivity index (χ2v) is 9.83. The van der Waals surface area contributed by atoms with E-state index in [1.165, 1.54) is 14.2 Å². The van der Waals surface area contributed by atoms with Gasteiger partial charge in [-0.1, -0.05) is 68.1 Å². The number of hydrogen-bond acceptors (Lipinski definition) is 7. The molecular weight excluding hydrogens is 398 g/mol. The predicted molar refractivity (Wildman–Crippen MR) is 109 cm³/mol. The lowest BCUT2D eigenvalue weighted by molar-refractivity contribution is -0.151. The highest BCUT2D eigenvalue weighted by Gasteiger charge is 2.48. The zero-order chi connectivity index (χ0) is 20.6. The number of benzene rings is 1. The minimum Gasteiger partial charge on any atom is -0.469 e. The average Bonchev–Trinajstić information content (AvgIpc) is 3.04. The van der Waals surface area contributed by atoms with Crippen LogP contribution in [0.15, 0.2) is 34.1 Å². The van der Waals surface area contributed by atoms with E-state index in [2.05, 4.69) is 25.8 Å². The number of carbonyl (C=O) groups is 2. The Morgan fingerprint density at radius 3 is 2.18 bits per heavy atom. The molecule has 0 amide bonds. The quantitative estimate of drug-likeness (QED) is 0.766. The van der Waals surface area contributed by atoms with E-state index < -0.39 is 29.0 Å². The molecule has 6 nitrogen and oxygen atoms in total. The fourth-order valence-electron chi connectivity index (χ4n) is 3.41. The number of hydrogen-bond donors (Lipinski definition) is 1. The minimum absolute atomic E-state index is 0.0126. The molecule has 1 N–H and O–H groups in total. The van der Waals surface area contributed by atoms with Crippen LogP contribution >= 0.6 is 23.1 Å². The van der Waals surface area contributed by atoms with Crippen LogP contribution < -0.4 is 4.87 Å². The van der Waals surface area contributed by atoms with Crippen LogP contribution in [0.5, 0.6) is 0 Å². The van der Waals surface area contributed by atoms with E-state index in [0.29, 0.717) is 5.03 Å². The van der Waals surface area contributed by atoms with Crippen molar-refractivity contribution in [2.45, 2.75) is 42.4 Å². The fraction of sp³-hybridized carbons (Fsp3) is 0.450. The van der Waals surface area contributed by atoms with E-state index >= 15 is 0 Å². The molecule has 0 fully saturated rings. The third-order valence-corrected chi connectivity index (χ3v) is 7.29. The smallest absolute Gasteiger partial charge is 0.320 e. The summed E-state index contributed by atoms with van der Waals surface area (Å²) in [5.74, 6) is -2.28. The molecule has 0 saturated carbocycles. The molecule has 0 unspecified atom stereocenters. The molecule has 1 aromatic carbocycles. The molecule has 3 atom stereocenters. The van der Waals surface area contributed by atoms with Crippen molar-refractivity contribution in [3.8, 4) is 0 Å². The van der Waals surface area contributed by atoms with Gasteiger partial charge in [0.05, 0.1) is 25.2 Å². The summed E-state index contributed by atoms with van der Waals surface area (Å²) < 4.78 is 9.95. The van der Waals surface area contributed by atoms with Gasteiger partial charge in [0, 0.05) is 10.8 Å². The van der Waals surface area contributed by atoms with Gasteiger partial charge in [-0.3, -0.25) is 14.4 Å². The van der Waals surface area contributed by atoms with Crippen LogP contribution in [0.3, 0.4) is 0 Å². The molecule has 0 saturated heterocycles. The fourth-order valence-corrected chi connectivity index (χ4v) is 5.91. The van der Waals surface area contributed by atoms with Gasteiger partial charge >= 0.3 is 16.8 Å². The predicted octanol–water partition coefficient (Wildman–Crippen LogP) is 3.30. The van der Waals surface area contributed by atoms with Crippen molar-refractivity contribution in [1.82, 2.24) is 4.98 Å². The van der Waals surface area contributed by atoms with Crippen LogP contribution in [0.4, 0.5) is 0 Å². The Labute approximate surface area is 171 Å². The molecule has 28 heavy (non-hydrogen) atoms. The summed E-state index contributed by atoms with van der Waals surface area (Å²) in [4.78, 5) is 40.5. The van der Waals surface area contributed by atoms with Crippen molar-refractivity contribution < 1.29 is 19.1 Å². The Hall–Kier alpha value is -2.06. The van der Waals surface area contributed by atoms with Crippen LogP contribution in [-0.4, -0.2) is 36.4 Å². The van der Waals surface area contributed by atoms with Crippen LogP contribution in [0, 0.1) is 5.92 Å². The summed E-state index contributed by atoms with van der Waals surface area (Å²) >= 11 is 2.21. The zero-order valence-electron chi connectivity index (χ0n) is 16.4. The molecule has 2 heterocycles. The SMILES string of the molecule is COC(=O)[C@@H]1[C@@H](c2ccc(C(C)(C)C)cc2)c2sc(=O)[nH]c2S[C@H]1C(=O)OC. The highest BCUT2D eigenvalue weighted by molar-refractivity contribution is 8.00. The van der Waals surface area contributed by atoms with Crippen LogP contribution in [0.1, 0.15) is 42.7 Å². The van der Waals surface area contributed by atoms with E-state index in [-0.39, 0.29) is 10.3 Å². The van der Waals surface area contributed by atoms with Gasteiger partial charge in [0.2, 0.25) is 0 Å². The summed E-state index contributed by atoms with van der Waals surface area (Å²) in [6, 6.07) is 7.96. The van der Waals surface area contributed by atoms with Gasteiger partial charge < -0.3 is 14.5 Å². The van der Waals surface area contributed by atoms with Gasteiger partial charge in [-0.25, -0.2) is 0 Å². The van der Waals surface area contributed by atoms with E-state index in [1.54, 1.807) is 0 Å². The number of aromatic amines is 1. The van der Waals surface area contributed by atoms with Gasteiger partial charge in [-0.2, -0.15) is 0 Å². The maximum Gasteiger partial charge on any atom is 0.320 e.